The maximum absolute atomic E-state index is 12.0. The molecule has 1 rings (SSSR count). The summed E-state index contributed by atoms with van der Waals surface area (Å²) in [6, 6.07) is 5.12. The van der Waals surface area contributed by atoms with Crippen molar-refractivity contribution >= 4 is 5.91 Å². The van der Waals surface area contributed by atoms with E-state index in [0.29, 0.717) is 18.7 Å². The zero-order valence-corrected chi connectivity index (χ0v) is 19.8. The van der Waals surface area contributed by atoms with Crippen molar-refractivity contribution in [1.29, 1.82) is 0 Å². The third kappa shape index (κ3) is 14.5. The third-order valence-corrected chi connectivity index (χ3v) is 5.47. The van der Waals surface area contributed by atoms with Crippen LogP contribution in [0, 0.1) is 11.8 Å². The second kappa shape index (κ2) is 18.6. The summed E-state index contributed by atoms with van der Waals surface area (Å²) in [4.78, 5) is 12.0. The number of carbonyl (C=O) groups is 1. The number of rotatable bonds is 17. The molecule has 0 unspecified atom stereocenters. The molecule has 1 aromatic carbocycles. The van der Waals surface area contributed by atoms with Gasteiger partial charge >= 0.3 is 0 Å². The number of nitrogens with one attached hydrogen (secondary N) is 1. The van der Waals surface area contributed by atoms with Crippen molar-refractivity contribution in [2.75, 3.05) is 7.11 Å². The number of hydrogen-bond donors (Lipinski definition) is 2. The fraction of sp³-hybridized carbons (Fsp3) is 0.667. The lowest BCUT2D eigenvalue weighted by molar-refractivity contribution is -0.121. The Balaban J connectivity index is 1.92. The summed E-state index contributed by atoms with van der Waals surface area (Å²) in [5.41, 5.74) is 0.915. The first-order valence-corrected chi connectivity index (χ1v) is 12.3. The van der Waals surface area contributed by atoms with Crippen LogP contribution in [0.15, 0.2) is 18.2 Å². The van der Waals surface area contributed by atoms with E-state index in [1.807, 2.05) is 0 Å². The number of unbranched alkanes of at least 4 members (excludes halogenated alkanes) is 12. The van der Waals surface area contributed by atoms with Crippen LogP contribution in [-0.2, 0) is 11.3 Å². The van der Waals surface area contributed by atoms with E-state index >= 15 is 0 Å². The third-order valence-electron chi connectivity index (χ3n) is 5.47. The highest BCUT2D eigenvalue weighted by Crippen LogP contribution is 2.26. The van der Waals surface area contributed by atoms with Crippen molar-refractivity contribution in [3.05, 3.63) is 23.8 Å². The van der Waals surface area contributed by atoms with Crippen LogP contribution in [0.2, 0.25) is 0 Å². The molecule has 4 heteroatoms. The molecule has 4 nitrogen and oxygen atoms in total. The smallest absolute Gasteiger partial charge is 0.220 e. The average Bonchev–Trinajstić information content (AvgIpc) is 2.78. The molecule has 0 spiro atoms. The van der Waals surface area contributed by atoms with Crippen molar-refractivity contribution in [3.8, 4) is 23.3 Å². The molecule has 31 heavy (non-hydrogen) atoms. The number of methoxy groups -OCH3 is 1. The van der Waals surface area contributed by atoms with Gasteiger partial charge in [0.2, 0.25) is 5.91 Å². The number of ether oxygens (including phenoxy) is 1. The van der Waals surface area contributed by atoms with Crippen LogP contribution in [0.5, 0.6) is 11.5 Å². The van der Waals surface area contributed by atoms with E-state index in [9.17, 15) is 9.90 Å². The number of aromatic hydroxyl groups is 1. The summed E-state index contributed by atoms with van der Waals surface area (Å²) in [6.07, 6.45) is 17.6. The van der Waals surface area contributed by atoms with Crippen LogP contribution in [-0.4, -0.2) is 18.1 Å². The summed E-state index contributed by atoms with van der Waals surface area (Å²) < 4.78 is 5.09. The van der Waals surface area contributed by atoms with E-state index in [1.165, 1.54) is 71.3 Å². The zero-order valence-electron chi connectivity index (χ0n) is 19.8. The van der Waals surface area contributed by atoms with Gasteiger partial charge in [-0.2, -0.15) is 0 Å². The maximum atomic E-state index is 12.0. The van der Waals surface area contributed by atoms with E-state index < -0.39 is 0 Å². The molecular formula is C27H43NO3. The molecule has 0 aliphatic rings. The SMILES string of the molecule is CCCCCCCCC#CCCCCCCCCC(=O)NCc1ccc(O)c(OC)c1. The van der Waals surface area contributed by atoms with Gasteiger partial charge in [-0.3, -0.25) is 4.79 Å². The van der Waals surface area contributed by atoms with Gasteiger partial charge in [0.25, 0.3) is 0 Å². The first-order chi connectivity index (χ1) is 15.2. The molecule has 0 saturated heterocycles. The van der Waals surface area contributed by atoms with Gasteiger partial charge in [0.05, 0.1) is 7.11 Å². The lowest BCUT2D eigenvalue weighted by Gasteiger charge is -2.08. The highest BCUT2D eigenvalue weighted by atomic mass is 16.5. The molecule has 2 N–H and O–H groups in total. The predicted octanol–water partition coefficient (Wildman–Crippen LogP) is 6.89. The maximum Gasteiger partial charge on any atom is 0.220 e. The summed E-state index contributed by atoms with van der Waals surface area (Å²) in [5, 5.41) is 12.5. The Bertz CT molecular complexity index is 660. The van der Waals surface area contributed by atoms with Crippen LogP contribution in [0.25, 0.3) is 0 Å². The quantitative estimate of drug-likeness (QED) is 0.209. The van der Waals surface area contributed by atoms with Gasteiger partial charge in [-0.15, -0.1) is 11.8 Å². The number of phenolic OH excluding ortho intramolecular Hbond substituents is 1. The normalized spacial score (nSPS) is 10.4. The van der Waals surface area contributed by atoms with Crippen molar-refractivity contribution in [1.82, 2.24) is 5.32 Å². The Labute approximate surface area is 190 Å². The van der Waals surface area contributed by atoms with Crippen molar-refractivity contribution in [2.24, 2.45) is 0 Å². The van der Waals surface area contributed by atoms with Gasteiger partial charge in [0.1, 0.15) is 0 Å². The molecule has 0 fully saturated rings. The van der Waals surface area contributed by atoms with Crippen molar-refractivity contribution in [3.63, 3.8) is 0 Å². The Morgan fingerprint density at radius 2 is 1.48 bits per heavy atom. The topological polar surface area (TPSA) is 58.6 Å². The molecule has 0 heterocycles. The molecule has 0 radical (unpaired) electrons. The van der Waals surface area contributed by atoms with Crippen LogP contribution >= 0.6 is 0 Å². The van der Waals surface area contributed by atoms with E-state index in [0.717, 1.165) is 31.2 Å². The van der Waals surface area contributed by atoms with E-state index in [1.54, 1.807) is 18.2 Å². The van der Waals surface area contributed by atoms with Gasteiger partial charge in [0.15, 0.2) is 11.5 Å². The van der Waals surface area contributed by atoms with Gasteiger partial charge in [-0.1, -0.05) is 70.8 Å². The summed E-state index contributed by atoms with van der Waals surface area (Å²) in [7, 11) is 1.52. The first kappa shape index (κ1) is 26.9. The Morgan fingerprint density at radius 3 is 2.10 bits per heavy atom. The van der Waals surface area contributed by atoms with Crippen molar-refractivity contribution in [2.45, 2.75) is 110 Å². The molecule has 0 atom stereocenters. The minimum absolute atomic E-state index is 0.0766. The summed E-state index contributed by atoms with van der Waals surface area (Å²) in [5.74, 6) is 7.25. The second-order valence-electron chi connectivity index (χ2n) is 8.28. The van der Waals surface area contributed by atoms with E-state index in [4.69, 9.17) is 4.74 Å². The Morgan fingerprint density at radius 1 is 0.903 bits per heavy atom. The molecule has 0 aliphatic heterocycles. The number of benzene rings is 1. The van der Waals surface area contributed by atoms with Crippen LogP contribution in [0.1, 0.15) is 109 Å². The molecule has 0 bridgehead atoms. The molecule has 0 saturated carbocycles. The fourth-order valence-corrected chi connectivity index (χ4v) is 3.50. The fourth-order valence-electron chi connectivity index (χ4n) is 3.50. The van der Waals surface area contributed by atoms with E-state index in [2.05, 4.69) is 24.1 Å². The van der Waals surface area contributed by atoms with Gasteiger partial charge in [-0.05, 0) is 37.0 Å². The Hall–Kier alpha value is -2.15. The number of carbonyl (C=O) groups excluding carboxylic acids is 1. The Kier molecular flexibility index (Phi) is 16.1. The zero-order chi connectivity index (χ0) is 22.6. The summed E-state index contributed by atoms with van der Waals surface area (Å²) in [6.45, 7) is 2.71. The molecule has 0 aromatic heterocycles. The second-order valence-corrected chi connectivity index (χ2v) is 8.28. The molecule has 0 aliphatic carbocycles. The van der Waals surface area contributed by atoms with E-state index in [-0.39, 0.29) is 11.7 Å². The molecular weight excluding hydrogens is 386 g/mol. The lowest BCUT2D eigenvalue weighted by atomic mass is 10.1. The van der Waals surface area contributed by atoms with Gasteiger partial charge < -0.3 is 15.2 Å². The predicted molar refractivity (Wildman–Crippen MR) is 129 cm³/mol. The van der Waals surface area contributed by atoms with Crippen LogP contribution in [0.3, 0.4) is 0 Å². The highest BCUT2D eigenvalue weighted by Gasteiger charge is 2.05. The minimum Gasteiger partial charge on any atom is -0.504 e. The van der Waals surface area contributed by atoms with Crippen LogP contribution in [0.4, 0.5) is 0 Å². The number of hydrogen-bond acceptors (Lipinski definition) is 3. The molecule has 1 aromatic rings. The number of phenols is 1. The largest absolute Gasteiger partial charge is 0.504 e. The molecule has 174 valence electrons. The average molecular weight is 430 g/mol. The van der Waals surface area contributed by atoms with Crippen molar-refractivity contribution < 1.29 is 14.6 Å². The lowest BCUT2D eigenvalue weighted by Crippen LogP contribution is -2.22. The highest BCUT2D eigenvalue weighted by molar-refractivity contribution is 5.75. The monoisotopic (exact) mass is 429 g/mol. The van der Waals surface area contributed by atoms with Gasteiger partial charge in [0, 0.05) is 25.8 Å². The first-order valence-electron chi connectivity index (χ1n) is 12.3. The standard InChI is InChI=1S/C27H43NO3/c1-3-4-5-6-7-8-9-10-11-12-13-14-15-16-17-18-19-27(30)28-23-24-20-21-25(29)26(22-24)31-2/h20-22,29H,3-9,12-19,23H2,1-2H3,(H,28,30). The summed E-state index contributed by atoms with van der Waals surface area (Å²) >= 11 is 0. The van der Waals surface area contributed by atoms with Crippen LogP contribution < -0.4 is 10.1 Å². The van der Waals surface area contributed by atoms with Gasteiger partial charge in [-0.25, -0.2) is 0 Å². The minimum atomic E-state index is 0.0766. The molecule has 1 amide bonds. The number of amides is 1.